The van der Waals surface area contributed by atoms with Crippen LogP contribution in [0.3, 0.4) is 0 Å². The first-order valence-corrected chi connectivity index (χ1v) is 6.60. The number of imidazole rings is 1. The second-order valence-corrected chi connectivity index (χ2v) is 5.06. The lowest BCUT2D eigenvalue weighted by Gasteiger charge is -1.98. The van der Waals surface area contributed by atoms with Crippen molar-refractivity contribution in [2.24, 2.45) is 5.92 Å². The third-order valence-electron chi connectivity index (χ3n) is 3.46. The SMILES string of the molecule is COC(=O)c1nc(-c2ccc(F)cc2)[nH]c1CC1CC1. The molecule has 3 rings (SSSR count). The van der Waals surface area contributed by atoms with Gasteiger partial charge in [-0.05, 0) is 49.4 Å². The zero-order valence-corrected chi connectivity index (χ0v) is 11.1. The van der Waals surface area contributed by atoms with Gasteiger partial charge in [0.1, 0.15) is 11.6 Å². The molecule has 1 aliphatic rings. The maximum atomic E-state index is 12.9. The first-order valence-electron chi connectivity index (χ1n) is 6.60. The van der Waals surface area contributed by atoms with E-state index in [0.29, 0.717) is 17.4 Å². The molecule has 5 heteroatoms. The maximum absolute atomic E-state index is 12.9. The van der Waals surface area contributed by atoms with Crippen LogP contribution < -0.4 is 0 Å². The van der Waals surface area contributed by atoms with Gasteiger partial charge in [0.15, 0.2) is 5.69 Å². The Balaban J connectivity index is 1.96. The second kappa shape index (κ2) is 5.07. The highest BCUT2D eigenvalue weighted by Crippen LogP contribution is 2.33. The normalized spacial score (nSPS) is 14.3. The summed E-state index contributed by atoms with van der Waals surface area (Å²) in [5.41, 5.74) is 1.89. The predicted molar refractivity (Wildman–Crippen MR) is 71.7 cm³/mol. The summed E-state index contributed by atoms with van der Waals surface area (Å²) >= 11 is 0. The molecule has 1 aromatic heterocycles. The summed E-state index contributed by atoms with van der Waals surface area (Å²) in [6, 6.07) is 6.01. The quantitative estimate of drug-likeness (QED) is 0.872. The lowest BCUT2D eigenvalue weighted by atomic mass is 10.2. The first kappa shape index (κ1) is 12.8. The average molecular weight is 274 g/mol. The van der Waals surface area contributed by atoms with E-state index in [1.54, 1.807) is 12.1 Å². The molecule has 0 amide bonds. The van der Waals surface area contributed by atoms with Gasteiger partial charge in [0, 0.05) is 5.56 Å². The van der Waals surface area contributed by atoms with Crippen LogP contribution in [0.15, 0.2) is 24.3 Å². The van der Waals surface area contributed by atoms with E-state index in [0.717, 1.165) is 17.7 Å². The summed E-state index contributed by atoms with van der Waals surface area (Å²) in [7, 11) is 1.34. The van der Waals surface area contributed by atoms with Gasteiger partial charge in [-0.15, -0.1) is 0 Å². The fourth-order valence-corrected chi connectivity index (χ4v) is 2.18. The summed E-state index contributed by atoms with van der Waals surface area (Å²) in [5, 5.41) is 0. The largest absolute Gasteiger partial charge is 0.464 e. The summed E-state index contributed by atoms with van der Waals surface area (Å²) in [5.74, 6) is 0.456. The van der Waals surface area contributed by atoms with Gasteiger partial charge in [0.2, 0.25) is 0 Å². The minimum Gasteiger partial charge on any atom is -0.464 e. The topological polar surface area (TPSA) is 55.0 Å². The van der Waals surface area contributed by atoms with Crippen LogP contribution in [0.4, 0.5) is 4.39 Å². The summed E-state index contributed by atoms with van der Waals surface area (Å²) in [6.07, 6.45) is 3.18. The van der Waals surface area contributed by atoms with E-state index in [4.69, 9.17) is 4.74 Å². The molecule has 1 N–H and O–H groups in total. The Kier molecular flexibility index (Phi) is 3.26. The molecule has 0 atom stereocenters. The fraction of sp³-hybridized carbons (Fsp3) is 0.333. The Hall–Kier alpha value is -2.17. The van der Waals surface area contributed by atoms with Crippen molar-refractivity contribution in [2.45, 2.75) is 19.3 Å². The molecule has 0 aliphatic heterocycles. The molecule has 1 saturated carbocycles. The molecule has 1 aromatic carbocycles. The van der Waals surface area contributed by atoms with Gasteiger partial charge in [-0.2, -0.15) is 0 Å². The average Bonchev–Trinajstić information content (AvgIpc) is 3.17. The van der Waals surface area contributed by atoms with Crippen LogP contribution in [0.25, 0.3) is 11.4 Å². The number of carbonyl (C=O) groups excluding carboxylic acids is 1. The summed E-state index contributed by atoms with van der Waals surface area (Å²) < 4.78 is 17.7. The van der Waals surface area contributed by atoms with E-state index >= 15 is 0 Å². The highest BCUT2D eigenvalue weighted by atomic mass is 19.1. The molecule has 0 saturated heterocycles. The molecule has 1 fully saturated rings. The number of hydrogen-bond acceptors (Lipinski definition) is 3. The Bertz CT molecular complexity index is 630. The van der Waals surface area contributed by atoms with Crippen LogP contribution in [0.1, 0.15) is 29.0 Å². The standard InChI is InChI=1S/C15H15FN2O2/c1-20-15(19)13-12(8-9-2-3-9)17-14(18-13)10-4-6-11(16)7-5-10/h4-7,9H,2-3,8H2,1H3,(H,17,18). The Morgan fingerprint density at radius 1 is 1.40 bits per heavy atom. The van der Waals surface area contributed by atoms with E-state index in [2.05, 4.69) is 9.97 Å². The van der Waals surface area contributed by atoms with Crippen molar-refractivity contribution in [1.82, 2.24) is 9.97 Å². The number of ether oxygens (including phenoxy) is 1. The molecule has 1 aliphatic carbocycles. The Morgan fingerprint density at radius 3 is 2.70 bits per heavy atom. The zero-order valence-electron chi connectivity index (χ0n) is 11.1. The Morgan fingerprint density at radius 2 is 2.10 bits per heavy atom. The van der Waals surface area contributed by atoms with Crippen molar-refractivity contribution >= 4 is 5.97 Å². The van der Waals surface area contributed by atoms with Gasteiger partial charge < -0.3 is 9.72 Å². The number of aromatic amines is 1. The molecule has 2 aromatic rings. The van der Waals surface area contributed by atoms with Gasteiger partial charge in [-0.3, -0.25) is 0 Å². The molecular weight excluding hydrogens is 259 g/mol. The number of halogens is 1. The number of methoxy groups -OCH3 is 1. The van der Waals surface area contributed by atoms with Crippen LogP contribution in [-0.4, -0.2) is 23.0 Å². The molecule has 0 spiro atoms. The number of esters is 1. The number of H-pyrrole nitrogens is 1. The molecule has 1 heterocycles. The summed E-state index contributed by atoms with van der Waals surface area (Å²) in [4.78, 5) is 19.2. The minimum atomic E-state index is -0.440. The Labute approximate surface area is 116 Å². The van der Waals surface area contributed by atoms with Gasteiger partial charge in [-0.1, -0.05) is 0 Å². The van der Waals surface area contributed by atoms with E-state index in [1.165, 1.54) is 32.1 Å². The highest BCUT2D eigenvalue weighted by molar-refractivity contribution is 5.89. The van der Waals surface area contributed by atoms with Crippen LogP contribution >= 0.6 is 0 Å². The van der Waals surface area contributed by atoms with E-state index in [9.17, 15) is 9.18 Å². The van der Waals surface area contributed by atoms with Crippen LogP contribution in [-0.2, 0) is 11.2 Å². The van der Waals surface area contributed by atoms with E-state index in [1.807, 2.05) is 0 Å². The van der Waals surface area contributed by atoms with Gasteiger partial charge in [-0.25, -0.2) is 14.2 Å². The number of aromatic nitrogens is 2. The third kappa shape index (κ3) is 2.57. The van der Waals surface area contributed by atoms with Crippen LogP contribution in [0, 0.1) is 11.7 Å². The number of nitrogens with one attached hydrogen (secondary N) is 1. The monoisotopic (exact) mass is 274 g/mol. The van der Waals surface area contributed by atoms with Crippen LogP contribution in [0.5, 0.6) is 0 Å². The molecular formula is C15H15FN2O2. The van der Waals surface area contributed by atoms with Gasteiger partial charge in [0.25, 0.3) is 0 Å². The predicted octanol–water partition coefficient (Wildman–Crippen LogP) is 2.95. The van der Waals surface area contributed by atoms with Crippen molar-refractivity contribution in [3.63, 3.8) is 0 Å². The smallest absolute Gasteiger partial charge is 0.358 e. The zero-order chi connectivity index (χ0) is 14.1. The molecule has 20 heavy (non-hydrogen) atoms. The van der Waals surface area contributed by atoms with E-state index in [-0.39, 0.29) is 5.82 Å². The van der Waals surface area contributed by atoms with Crippen molar-refractivity contribution in [2.75, 3.05) is 7.11 Å². The summed E-state index contributed by atoms with van der Waals surface area (Å²) in [6.45, 7) is 0. The van der Waals surface area contributed by atoms with Crippen molar-refractivity contribution in [3.05, 3.63) is 41.5 Å². The number of hydrogen-bond donors (Lipinski definition) is 1. The van der Waals surface area contributed by atoms with Crippen molar-refractivity contribution in [3.8, 4) is 11.4 Å². The van der Waals surface area contributed by atoms with Crippen LogP contribution in [0.2, 0.25) is 0 Å². The van der Waals surface area contributed by atoms with Crippen molar-refractivity contribution in [1.29, 1.82) is 0 Å². The third-order valence-corrected chi connectivity index (χ3v) is 3.46. The minimum absolute atomic E-state index is 0.299. The molecule has 104 valence electrons. The molecule has 0 unspecified atom stereocenters. The second-order valence-electron chi connectivity index (χ2n) is 5.06. The number of carbonyl (C=O) groups is 1. The number of nitrogens with zero attached hydrogens (tertiary/aromatic N) is 1. The first-order chi connectivity index (χ1) is 9.67. The van der Waals surface area contributed by atoms with Gasteiger partial charge >= 0.3 is 5.97 Å². The lowest BCUT2D eigenvalue weighted by molar-refractivity contribution is 0.0593. The number of rotatable bonds is 4. The van der Waals surface area contributed by atoms with E-state index < -0.39 is 5.97 Å². The maximum Gasteiger partial charge on any atom is 0.358 e. The van der Waals surface area contributed by atoms with Gasteiger partial charge in [0.05, 0.1) is 12.8 Å². The molecule has 0 radical (unpaired) electrons. The number of benzene rings is 1. The molecule has 4 nitrogen and oxygen atoms in total. The highest BCUT2D eigenvalue weighted by Gasteiger charge is 2.27. The van der Waals surface area contributed by atoms with Crippen molar-refractivity contribution < 1.29 is 13.9 Å². The lowest BCUT2D eigenvalue weighted by Crippen LogP contribution is -2.06. The fourth-order valence-electron chi connectivity index (χ4n) is 2.18. The molecule has 0 bridgehead atoms.